The Bertz CT molecular complexity index is 336. The summed E-state index contributed by atoms with van der Waals surface area (Å²) in [5, 5.41) is 15.9. The molecule has 0 saturated heterocycles. The molecule has 0 aliphatic heterocycles. The maximum atomic E-state index is 10.3. The predicted octanol–water partition coefficient (Wildman–Crippen LogP) is 1.20. The average Bonchev–Trinajstić information content (AvgIpc) is 2.68. The lowest BCUT2D eigenvalue weighted by Gasteiger charge is -2.02. The zero-order valence-corrected chi connectivity index (χ0v) is 10.4. The Morgan fingerprint density at radius 3 is 2.88 bits per heavy atom. The molecule has 0 bridgehead atoms. The first-order valence-electron chi connectivity index (χ1n) is 6.08. The smallest absolute Gasteiger partial charge is 0.303 e. The SMILES string of the molecule is Cn1cc(CCNCCCCCC(=O)O)cn1. The van der Waals surface area contributed by atoms with E-state index in [1.807, 2.05) is 19.4 Å². The molecule has 0 aromatic carbocycles. The van der Waals surface area contributed by atoms with Crippen molar-refractivity contribution in [2.75, 3.05) is 13.1 Å². The van der Waals surface area contributed by atoms with Crippen LogP contribution in [-0.4, -0.2) is 33.9 Å². The van der Waals surface area contributed by atoms with Crippen LogP contribution >= 0.6 is 0 Å². The van der Waals surface area contributed by atoms with E-state index in [0.717, 1.165) is 38.8 Å². The van der Waals surface area contributed by atoms with E-state index in [1.54, 1.807) is 4.68 Å². The third-order valence-electron chi connectivity index (χ3n) is 2.59. The molecule has 17 heavy (non-hydrogen) atoms. The molecule has 0 radical (unpaired) electrons. The molecule has 0 saturated carbocycles. The van der Waals surface area contributed by atoms with E-state index >= 15 is 0 Å². The lowest BCUT2D eigenvalue weighted by molar-refractivity contribution is -0.137. The van der Waals surface area contributed by atoms with E-state index in [4.69, 9.17) is 5.11 Å². The summed E-state index contributed by atoms with van der Waals surface area (Å²) in [6, 6.07) is 0. The van der Waals surface area contributed by atoms with Crippen LogP contribution in [0.5, 0.6) is 0 Å². The van der Waals surface area contributed by atoms with Crippen LogP contribution in [0.25, 0.3) is 0 Å². The molecule has 96 valence electrons. The zero-order valence-electron chi connectivity index (χ0n) is 10.4. The van der Waals surface area contributed by atoms with Gasteiger partial charge in [-0.05, 0) is 37.9 Å². The van der Waals surface area contributed by atoms with Gasteiger partial charge in [0.2, 0.25) is 0 Å². The number of carboxylic acids is 1. The molecule has 1 heterocycles. The molecule has 1 aromatic heterocycles. The highest BCUT2D eigenvalue weighted by molar-refractivity contribution is 5.66. The summed E-state index contributed by atoms with van der Waals surface area (Å²) in [6.45, 7) is 1.91. The number of hydrogen-bond donors (Lipinski definition) is 2. The van der Waals surface area contributed by atoms with Crippen LogP contribution in [0.15, 0.2) is 12.4 Å². The highest BCUT2D eigenvalue weighted by Gasteiger charge is 1.97. The van der Waals surface area contributed by atoms with E-state index < -0.39 is 5.97 Å². The molecule has 1 aromatic rings. The lowest BCUT2D eigenvalue weighted by atomic mass is 10.2. The molecule has 1 rings (SSSR count). The van der Waals surface area contributed by atoms with Gasteiger partial charge in [-0.3, -0.25) is 9.48 Å². The number of carboxylic acid groups (broad SMARTS) is 1. The molecular weight excluding hydrogens is 218 g/mol. The van der Waals surface area contributed by atoms with Gasteiger partial charge in [0.05, 0.1) is 6.20 Å². The van der Waals surface area contributed by atoms with Gasteiger partial charge in [0.1, 0.15) is 0 Å². The number of unbranched alkanes of at least 4 members (excludes halogenated alkanes) is 2. The third kappa shape index (κ3) is 6.73. The third-order valence-corrected chi connectivity index (χ3v) is 2.59. The van der Waals surface area contributed by atoms with Crippen molar-refractivity contribution in [3.05, 3.63) is 18.0 Å². The van der Waals surface area contributed by atoms with Crippen molar-refractivity contribution in [2.45, 2.75) is 32.1 Å². The molecule has 5 nitrogen and oxygen atoms in total. The van der Waals surface area contributed by atoms with Crippen LogP contribution in [0.4, 0.5) is 0 Å². The van der Waals surface area contributed by atoms with Gasteiger partial charge in [0, 0.05) is 19.7 Å². The summed E-state index contributed by atoms with van der Waals surface area (Å²) >= 11 is 0. The van der Waals surface area contributed by atoms with Gasteiger partial charge >= 0.3 is 5.97 Å². The first-order chi connectivity index (χ1) is 8.18. The predicted molar refractivity (Wildman–Crippen MR) is 65.9 cm³/mol. The standard InChI is InChI=1S/C12H21N3O2/c1-15-10-11(9-14-15)6-8-13-7-4-2-3-5-12(16)17/h9-10,13H,2-8H2,1H3,(H,16,17). The minimum atomic E-state index is -0.700. The Kier molecular flexibility index (Phi) is 6.32. The van der Waals surface area contributed by atoms with Crippen molar-refractivity contribution in [1.29, 1.82) is 0 Å². The largest absolute Gasteiger partial charge is 0.481 e. The van der Waals surface area contributed by atoms with Crippen molar-refractivity contribution in [2.24, 2.45) is 7.05 Å². The van der Waals surface area contributed by atoms with Gasteiger partial charge < -0.3 is 10.4 Å². The van der Waals surface area contributed by atoms with E-state index in [9.17, 15) is 4.79 Å². The molecule has 0 atom stereocenters. The molecule has 0 fully saturated rings. The molecule has 0 aliphatic rings. The average molecular weight is 239 g/mol. The second kappa shape index (κ2) is 7.84. The maximum absolute atomic E-state index is 10.3. The Morgan fingerprint density at radius 1 is 1.41 bits per heavy atom. The molecule has 0 spiro atoms. The van der Waals surface area contributed by atoms with Gasteiger partial charge in [-0.1, -0.05) is 6.42 Å². The Hall–Kier alpha value is -1.36. The van der Waals surface area contributed by atoms with E-state index in [0.29, 0.717) is 0 Å². The second-order valence-electron chi connectivity index (χ2n) is 4.23. The monoisotopic (exact) mass is 239 g/mol. The first kappa shape index (κ1) is 13.7. The Balaban J connectivity index is 1.89. The second-order valence-corrected chi connectivity index (χ2v) is 4.23. The quantitative estimate of drug-likeness (QED) is 0.635. The molecular formula is C12H21N3O2. The summed E-state index contributed by atoms with van der Waals surface area (Å²) in [5.74, 6) is -0.700. The van der Waals surface area contributed by atoms with Crippen LogP contribution in [0.2, 0.25) is 0 Å². The van der Waals surface area contributed by atoms with Gasteiger partial charge in [-0.25, -0.2) is 0 Å². The number of hydrogen-bond acceptors (Lipinski definition) is 3. The topological polar surface area (TPSA) is 67.2 Å². The van der Waals surface area contributed by atoms with Gasteiger partial charge in [0.15, 0.2) is 0 Å². The summed E-state index contributed by atoms with van der Waals surface area (Å²) in [7, 11) is 1.92. The maximum Gasteiger partial charge on any atom is 0.303 e. The van der Waals surface area contributed by atoms with Crippen molar-refractivity contribution >= 4 is 5.97 Å². The number of nitrogens with one attached hydrogen (secondary N) is 1. The Morgan fingerprint density at radius 2 is 2.24 bits per heavy atom. The minimum Gasteiger partial charge on any atom is -0.481 e. The summed E-state index contributed by atoms with van der Waals surface area (Å²) in [6.07, 6.45) is 7.98. The fourth-order valence-corrected chi connectivity index (χ4v) is 1.66. The summed E-state index contributed by atoms with van der Waals surface area (Å²) in [4.78, 5) is 10.3. The zero-order chi connectivity index (χ0) is 12.5. The van der Waals surface area contributed by atoms with Crippen molar-refractivity contribution < 1.29 is 9.90 Å². The van der Waals surface area contributed by atoms with Gasteiger partial charge in [-0.15, -0.1) is 0 Å². The first-order valence-corrected chi connectivity index (χ1v) is 6.08. The minimum absolute atomic E-state index is 0.287. The summed E-state index contributed by atoms with van der Waals surface area (Å²) < 4.78 is 1.81. The molecule has 0 unspecified atom stereocenters. The van der Waals surface area contributed by atoms with Crippen LogP contribution in [0, 0.1) is 0 Å². The summed E-state index contributed by atoms with van der Waals surface area (Å²) in [5.41, 5.74) is 1.24. The fourth-order valence-electron chi connectivity index (χ4n) is 1.66. The number of aryl methyl sites for hydroxylation is 1. The van der Waals surface area contributed by atoms with Gasteiger partial charge in [-0.2, -0.15) is 5.10 Å². The molecule has 5 heteroatoms. The molecule has 2 N–H and O–H groups in total. The van der Waals surface area contributed by atoms with Gasteiger partial charge in [0.25, 0.3) is 0 Å². The van der Waals surface area contributed by atoms with E-state index in [1.165, 1.54) is 5.56 Å². The van der Waals surface area contributed by atoms with Crippen molar-refractivity contribution in [3.63, 3.8) is 0 Å². The fraction of sp³-hybridized carbons (Fsp3) is 0.667. The van der Waals surface area contributed by atoms with Crippen LogP contribution < -0.4 is 5.32 Å². The molecule has 0 amide bonds. The van der Waals surface area contributed by atoms with Crippen LogP contribution in [-0.2, 0) is 18.3 Å². The molecule has 0 aliphatic carbocycles. The number of nitrogens with zero attached hydrogens (tertiary/aromatic N) is 2. The highest BCUT2D eigenvalue weighted by atomic mass is 16.4. The number of rotatable bonds is 9. The van der Waals surface area contributed by atoms with E-state index in [-0.39, 0.29) is 6.42 Å². The van der Waals surface area contributed by atoms with Crippen LogP contribution in [0.1, 0.15) is 31.2 Å². The number of aliphatic carboxylic acids is 1. The highest BCUT2D eigenvalue weighted by Crippen LogP contribution is 1.99. The lowest BCUT2D eigenvalue weighted by Crippen LogP contribution is -2.18. The van der Waals surface area contributed by atoms with E-state index in [2.05, 4.69) is 10.4 Å². The number of carbonyl (C=O) groups is 1. The Labute approximate surface area is 102 Å². The van der Waals surface area contributed by atoms with Crippen molar-refractivity contribution in [1.82, 2.24) is 15.1 Å². The van der Waals surface area contributed by atoms with Crippen LogP contribution in [0.3, 0.4) is 0 Å². The normalized spacial score (nSPS) is 10.6. The van der Waals surface area contributed by atoms with Crippen molar-refractivity contribution in [3.8, 4) is 0 Å². The number of aromatic nitrogens is 2.